The molecule has 212 valence electrons. The Morgan fingerprint density at radius 1 is 1.05 bits per heavy atom. The molecule has 1 saturated heterocycles. The predicted octanol–water partition coefficient (Wildman–Crippen LogP) is 6.81. The van der Waals surface area contributed by atoms with Crippen LogP contribution in [0.1, 0.15) is 30.5 Å². The summed E-state index contributed by atoms with van der Waals surface area (Å²) in [4.78, 5) is 44.8. The highest BCUT2D eigenvalue weighted by Gasteiger charge is 2.52. The van der Waals surface area contributed by atoms with Gasteiger partial charge in [0.15, 0.2) is 0 Å². The van der Waals surface area contributed by atoms with Gasteiger partial charge < -0.3 is 15.5 Å². The van der Waals surface area contributed by atoms with E-state index in [0.29, 0.717) is 11.0 Å². The van der Waals surface area contributed by atoms with Crippen LogP contribution in [-0.4, -0.2) is 33.4 Å². The second-order valence-corrected chi connectivity index (χ2v) is 10.1. The van der Waals surface area contributed by atoms with E-state index >= 15 is 0 Å². The molecular formula is C26H18Cl2F4N6O3. The monoisotopic (exact) mass is 608 g/mol. The third-order valence-electron chi connectivity index (χ3n) is 6.18. The van der Waals surface area contributed by atoms with Crippen molar-refractivity contribution in [2.24, 2.45) is 0 Å². The van der Waals surface area contributed by atoms with Crippen molar-refractivity contribution in [3.8, 4) is 6.07 Å². The van der Waals surface area contributed by atoms with Crippen molar-refractivity contribution in [1.29, 1.82) is 5.26 Å². The first-order valence-electron chi connectivity index (χ1n) is 11.6. The average Bonchev–Trinajstić information content (AvgIpc) is 3.02. The Bertz CT molecular complexity index is 1600. The first-order valence-corrected chi connectivity index (χ1v) is 12.3. The van der Waals surface area contributed by atoms with E-state index in [1.807, 2.05) is 0 Å². The van der Waals surface area contributed by atoms with Crippen LogP contribution in [0.25, 0.3) is 0 Å². The molecule has 1 aliphatic rings. The molecule has 1 aromatic heterocycles. The van der Waals surface area contributed by atoms with Crippen LogP contribution in [0.3, 0.4) is 0 Å². The fourth-order valence-corrected chi connectivity index (χ4v) is 4.59. The molecule has 0 atom stereocenters. The molecule has 0 unspecified atom stereocenters. The van der Waals surface area contributed by atoms with Crippen molar-refractivity contribution in [3.63, 3.8) is 0 Å². The van der Waals surface area contributed by atoms with Crippen LogP contribution >= 0.6 is 23.2 Å². The predicted molar refractivity (Wildman–Crippen MR) is 142 cm³/mol. The third-order valence-corrected chi connectivity index (χ3v) is 6.57. The molecule has 15 heteroatoms. The van der Waals surface area contributed by atoms with Gasteiger partial charge in [-0.2, -0.15) is 18.4 Å². The van der Waals surface area contributed by atoms with Gasteiger partial charge in [-0.25, -0.2) is 23.9 Å². The number of anilines is 3. The van der Waals surface area contributed by atoms with E-state index in [1.54, 1.807) is 0 Å². The number of amides is 5. The van der Waals surface area contributed by atoms with Crippen LogP contribution < -0.4 is 15.5 Å². The standard InChI is InChI=1S/C26H18Cl2F4N6O3/c1-25(2)22(39)38(17-6-4-13(11-33)18(10-17)26(30,31)32)24(41)37(25)12-14-3-5-15(29)7-19(14)35-23(40)34-16-8-20(27)36-21(28)9-16/h3-10H,12H2,1-2H3,(H2,34,35,36,40). The molecule has 0 bridgehead atoms. The zero-order valence-corrected chi connectivity index (χ0v) is 22.6. The van der Waals surface area contributed by atoms with Gasteiger partial charge in [-0.1, -0.05) is 29.3 Å². The summed E-state index contributed by atoms with van der Waals surface area (Å²) in [5, 5.41) is 14.0. The van der Waals surface area contributed by atoms with Gasteiger partial charge in [0, 0.05) is 5.69 Å². The smallest absolute Gasteiger partial charge is 0.307 e. The van der Waals surface area contributed by atoms with Gasteiger partial charge in [-0.15, -0.1) is 0 Å². The van der Waals surface area contributed by atoms with E-state index in [-0.39, 0.29) is 39.5 Å². The minimum absolute atomic E-state index is 0.00728. The lowest BCUT2D eigenvalue weighted by Crippen LogP contribution is -2.43. The molecular weight excluding hydrogens is 591 g/mol. The van der Waals surface area contributed by atoms with Crippen molar-refractivity contribution >= 4 is 58.2 Å². The molecule has 4 rings (SSSR count). The third kappa shape index (κ3) is 6.03. The molecule has 41 heavy (non-hydrogen) atoms. The number of imide groups is 1. The summed E-state index contributed by atoms with van der Waals surface area (Å²) in [5.74, 6) is -1.55. The molecule has 0 spiro atoms. The van der Waals surface area contributed by atoms with Crippen LogP contribution in [0.2, 0.25) is 10.3 Å². The van der Waals surface area contributed by atoms with Crippen LogP contribution in [0.4, 0.5) is 44.2 Å². The van der Waals surface area contributed by atoms with Gasteiger partial charge in [-0.05, 0) is 61.9 Å². The van der Waals surface area contributed by atoms with E-state index in [2.05, 4.69) is 15.6 Å². The van der Waals surface area contributed by atoms with E-state index in [4.69, 9.17) is 28.5 Å². The average molecular weight is 609 g/mol. The second-order valence-electron chi connectivity index (χ2n) is 9.29. The normalized spacial score (nSPS) is 14.7. The number of rotatable bonds is 5. The number of carbonyl (C=O) groups excluding carboxylic acids is 3. The van der Waals surface area contributed by atoms with E-state index in [9.17, 15) is 31.9 Å². The van der Waals surface area contributed by atoms with Gasteiger partial charge in [0.25, 0.3) is 5.91 Å². The van der Waals surface area contributed by atoms with Crippen LogP contribution in [0.15, 0.2) is 48.5 Å². The quantitative estimate of drug-likeness (QED) is 0.187. The van der Waals surface area contributed by atoms with E-state index in [0.717, 1.165) is 29.2 Å². The Labute approximate surface area is 240 Å². The van der Waals surface area contributed by atoms with Gasteiger partial charge in [0.1, 0.15) is 21.7 Å². The molecule has 0 saturated carbocycles. The first-order chi connectivity index (χ1) is 19.1. The fourth-order valence-electron chi connectivity index (χ4n) is 4.13. The molecule has 2 heterocycles. The van der Waals surface area contributed by atoms with Gasteiger partial charge in [0.05, 0.1) is 35.1 Å². The van der Waals surface area contributed by atoms with Crippen LogP contribution in [0, 0.1) is 17.1 Å². The zero-order chi connectivity index (χ0) is 30.3. The summed E-state index contributed by atoms with van der Waals surface area (Å²) in [6.07, 6.45) is -4.91. The molecule has 0 aliphatic carbocycles. The summed E-state index contributed by atoms with van der Waals surface area (Å²) in [7, 11) is 0. The van der Waals surface area contributed by atoms with Gasteiger partial charge in [-0.3, -0.25) is 4.79 Å². The molecule has 9 nitrogen and oxygen atoms in total. The van der Waals surface area contributed by atoms with Crippen molar-refractivity contribution in [3.05, 3.63) is 81.3 Å². The number of urea groups is 2. The number of nitrogens with one attached hydrogen (secondary N) is 2. The summed E-state index contributed by atoms with van der Waals surface area (Å²) in [5.41, 5.74) is -3.58. The molecule has 2 aromatic carbocycles. The highest BCUT2D eigenvalue weighted by atomic mass is 35.5. The van der Waals surface area contributed by atoms with Crippen molar-refractivity contribution in [2.75, 3.05) is 15.5 Å². The second kappa shape index (κ2) is 10.9. The van der Waals surface area contributed by atoms with Gasteiger partial charge >= 0.3 is 18.2 Å². The zero-order valence-electron chi connectivity index (χ0n) is 21.1. The summed E-state index contributed by atoms with van der Waals surface area (Å²) in [6, 6.07) is 8.14. The fraction of sp³-hybridized carbons (Fsp3) is 0.192. The number of hydrogen-bond donors (Lipinski definition) is 2. The van der Waals surface area contributed by atoms with Crippen molar-refractivity contribution < 1.29 is 31.9 Å². The number of nitriles is 1. The molecule has 1 aliphatic heterocycles. The minimum atomic E-state index is -4.91. The Hall–Kier alpha value is -4.41. The molecule has 1 fully saturated rings. The van der Waals surface area contributed by atoms with Crippen LogP contribution in [0.5, 0.6) is 0 Å². The van der Waals surface area contributed by atoms with E-state index in [1.165, 1.54) is 38.1 Å². The van der Waals surface area contributed by atoms with Crippen molar-refractivity contribution in [2.45, 2.75) is 32.1 Å². The van der Waals surface area contributed by atoms with Crippen LogP contribution in [-0.2, 0) is 17.5 Å². The maximum Gasteiger partial charge on any atom is 0.417 e. The molecule has 2 N–H and O–H groups in total. The Morgan fingerprint density at radius 3 is 2.32 bits per heavy atom. The van der Waals surface area contributed by atoms with E-state index < -0.39 is 46.6 Å². The summed E-state index contributed by atoms with van der Waals surface area (Å²) < 4.78 is 54.7. The Morgan fingerprint density at radius 2 is 1.71 bits per heavy atom. The largest absolute Gasteiger partial charge is 0.417 e. The number of benzene rings is 2. The Balaban J connectivity index is 1.63. The highest BCUT2D eigenvalue weighted by Crippen LogP contribution is 2.38. The maximum atomic E-state index is 14.1. The number of halogens is 6. The number of aromatic nitrogens is 1. The molecule has 0 radical (unpaired) electrons. The lowest BCUT2D eigenvalue weighted by Gasteiger charge is -2.28. The first kappa shape index (κ1) is 29.6. The topological polar surface area (TPSA) is 118 Å². The lowest BCUT2D eigenvalue weighted by molar-refractivity contribution is -0.137. The maximum absolute atomic E-state index is 14.1. The summed E-state index contributed by atoms with van der Waals surface area (Å²) in [6.45, 7) is 2.45. The SMILES string of the molecule is CC1(C)C(=O)N(c2ccc(C#N)c(C(F)(F)F)c2)C(=O)N1Cc1ccc(F)cc1NC(=O)Nc1cc(Cl)nc(Cl)c1. The molecule has 5 amide bonds. The van der Waals surface area contributed by atoms with Crippen molar-refractivity contribution in [1.82, 2.24) is 9.88 Å². The number of pyridine rings is 1. The number of carbonyl (C=O) groups is 3. The number of nitrogens with zero attached hydrogens (tertiary/aromatic N) is 4. The summed E-state index contributed by atoms with van der Waals surface area (Å²) >= 11 is 11.7. The highest BCUT2D eigenvalue weighted by molar-refractivity contribution is 6.33. The number of alkyl halides is 3. The Kier molecular flexibility index (Phi) is 7.84. The minimum Gasteiger partial charge on any atom is -0.307 e. The lowest BCUT2D eigenvalue weighted by atomic mass is 10.0. The number of hydrogen-bond acceptors (Lipinski definition) is 5. The van der Waals surface area contributed by atoms with Gasteiger partial charge in [0.2, 0.25) is 0 Å². The molecule has 3 aromatic rings.